The van der Waals surface area contributed by atoms with Gasteiger partial charge in [0.15, 0.2) is 6.54 Å². The first-order valence-electron chi connectivity index (χ1n) is 8.90. The van der Waals surface area contributed by atoms with Gasteiger partial charge in [0.25, 0.3) is 5.91 Å². The molecule has 0 fully saturated rings. The highest BCUT2D eigenvalue weighted by molar-refractivity contribution is 6.02. The second-order valence-corrected chi connectivity index (χ2v) is 6.56. The second kappa shape index (κ2) is 8.56. The van der Waals surface area contributed by atoms with E-state index < -0.39 is 0 Å². The number of quaternary nitrogens is 1. The first kappa shape index (κ1) is 18.7. The smallest absolute Gasteiger partial charge is 0.279 e. The summed E-state index contributed by atoms with van der Waals surface area (Å²) in [5.41, 5.74) is 1.88. The average Bonchev–Trinajstić information content (AvgIpc) is 2.68. The molecule has 0 aliphatic heterocycles. The minimum Gasteiger partial charge on any atom is -0.497 e. The highest BCUT2D eigenvalue weighted by Gasteiger charge is 2.15. The minimum atomic E-state index is -0.0173. The largest absolute Gasteiger partial charge is 0.497 e. The Bertz CT molecular complexity index is 934. The molecule has 2 N–H and O–H groups in total. The minimum absolute atomic E-state index is 0.0173. The van der Waals surface area contributed by atoms with Crippen molar-refractivity contribution in [1.29, 1.82) is 0 Å². The van der Waals surface area contributed by atoms with Crippen LogP contribution in [0.1, 0.15) is 5.56 Å². The number of amides is 1. The first-order chi connectivity index (χ1) is 13.1. The fraction of sp³-hybridized carbons (Fsp3) is 0.227. The SMILES string of the molecule is COc1ccc(C[NH+](C)CC(=O)Nc2cccc3ccccc23)c(OC)c1. The van der Waals surface area contributed by atoms with E-state index in [1.807, 2.05) is 67.7 Å². The standard InChI is InChI=1S/C22H24N2O3/c1-24(14-17-11-12-18(26-2)13-21(17)27-3)15-22(25)23-20-10-6-8-16-7-4-5-9-19(16)20/h4-13H,14-15H2,1-3H3,(H,23,25)/p+1. The summed E-state index contributed by atoms with van der Waals surface area (Å²) in [4.78, 5) is 13.6. The quantitative estimate of drug-likeness (QED) is 0.676. The normalized spacial score (nSPS) is 11.8. The Morgan fingerprint density at radius 3 is 2.56 bits per heavy atom. The van der Waals surface area contributed by atoms with E-state index >= 15 is 0 Å². The van der Waals surface area contributed by atoms with E-state index in [0.29, 0.717) is 13.1 Å². The zero-order valence-electron chi connectivity index (χ0n) is 15.9. The van der Waals surface area contributed by atoms with Crippen LogP contribution >= 0.6 is 0 Å². The number of fused-ring (bicyclic) bond motifs is 1. The van der Waals surface area contributed by atoms with Crippen LogP contribution in [0.25, 0.3) is 10.8 Å². The summed E-state index contributed by atoms with van der Waals surface area (Å²) in [5, 5.41) is 5.19. The Labute approximate surface area is 159 Å². The highest BCUT2D eigenvalue weighted by atomic mass is 16.5. The number of methoxy groups -OCH3 is 2. The van der Waals surface area contributed by atoms with Crippen molar-refractivity contribution in [2.24, 2.45) is 0 Å². The van der Waals surface area contributed by atoms with Gasteiger partial charge in [-0.15, -0.1) is 0 Å². The molecule has 3 aromatic rings. The van der Waals surface area contributed by atoms with E-state index in [4.69, 9.17) is 9.47 Å². The summed E-state index contributed by atoms with van der Waals surface area (Å²) in [6.45, 7) is 1.04. The molecular weight excluding hydrogens is 340 g/mol. The van der Waals surface area contributed by atoms with Gasteiger partial charge in [0, 0.05) is 22.7 Å². The third-order valence-electron chi connectivity index (χ3n) is 4.51. The summed E-state index contributed by atoms with van der Waals surface area (Å²) in [6, 6.07) is 19.7. The summed E-state index contributed by atoms with van der Waals surface area (Å²) in [5.74, 6) is 1.50. The number of carbonyl (C=O) groups is 1. The molecule has 1 amide bonds. The third-order valence-corrected chi connectivity index (χ3v) is 4.51. The number of rotatable bonds is 7. The van der Waals surface area contributed by atoms with Gasteiger partial charge >= 0.3 is 0 Å². The van der Waals surface area contributed by atoms with Crippen molar-refractivity contribution in [3.63, 3.8) is 0 Å². The molecule has 0 aliphatic rings. The van der Waals surface area contributed by atoms with E-state index in [1.165, 1.54) is 0 Å². The molecule has 0 aliphatic carbocycles. The maximum Gasteiger partial charge on any atom is 0.279 e. The van der Waals surface area contributed by atoms with Crippen molar-refractivity contribution in [3.05, 3.63) is 66.2 Å². The van der Waals surface area contributed by atoms with E-state index in [9.17, 15) is 4.79 Å². The molecule has 1 unspecified atom stereocenters. The maximum absolute atomic E-state index is 12.5. The Kier molecular flexibility index (Phi) is 5.94. The van der Waals surface area contributed by atoms with Crippen molar-refractivity contribution in [3.8, 4) is 11.5 Å². The van der Waals surface area contributed by atoms with Gasteiger partial charge < -0.3 is 19.7 Å². The average molecular weight is 365 g/mol. The highest BCUT2D eigenvalue weighted by Crippen LogP contribution is 2.24. The molecule has 0 saturated heterocycles. The number of nitrogens with one attached hydrogen (secondary N) is 2. The monoisotopic (exact) mass is 365 g/mol. The fourth-order valence-electron chi connectivity index (χ4n) is 3.19. The molecule has 5 nitrogen and oxygen atoms in total. The Morgan fingerprint density at radius 1 is 1.00 bits per heavy atom. The molecule has 27 heavy (non-hydrogen) atoms. The molecule has 0 bridgehead atoms. The van der Waals surface area contributed by atoms with Crippen LogP contribution in [0.4, 0.5) is 5.69 Å². The summed E-state index contributed by atoms with van der Waals surface area (Å²) in [7, 11) is 5.26. The molecule has 3 aromatic carbocycles. The van der Waals surface area contributed by atoms with Crippen LogP contribution in [0.15, 0.2) is 60.7 Å². The summed E-state index contributed by atoms with van der Waals surface area (Å²) < 4.78 is 10.7. The number of hydrogen-bond donors (Lipinski definition) is 2. The van der Waals surface area contributed by atoms with Crippen molar-refractivity contribution in [2.45, 2.75) is 6.54 Å². The zero-order chi connectivity index (χ0) is 19.2. The number of carbonyl (C=O) groups excluding carboxylic acids is 1. The molecule has 0 spiro atoms. The van der Waals surface area contributed by atoms with Crippen LogP contribution in [-0.4, -0.2) is 33.7 Å². The first-order valence-corrected chi connectivity index (χ1v) is 8.90. The predicted molar refractivity (Wildman–Crippen MR) is 108 cm³/mol. The Morgan fingerprint density at radius 2 is 1.78 bits per heavy atom. The molecule has 0 radical (unpaired) electrons. The Hall–Kier alpha value is -3.05. The van der Waals surface area contributed by atoms with Crippen molar-refractivity contribution < 1.29 is 19.2 Å². The number of ether oxygens (including phenoxy) is 2. The lowest BCUT2D eigenvalue weighted by Crippen LogP contribution is -3.08. The van der Waals surface area contributed by atoms with Gasteiger partial charge in [0.1, 0.15) is 18.0 Å². The van der Waals surface area contributed by atoms with Crippen LogP contribution in [-0.2, 0) is 11.3 Å². The second-order valence-electron chi connectivity index (χ2n) is 6.56. The molecular formula is C22H25N2O3+. The molecule has 0 aromatic heterocycles. The van der Waals surface area contributed by atoms with Crippen molar-refractivity contribution in [2.75, 3.05) is 33.1 Å². The number of hydrogen-bond acceptors (Lipinski definition) is 3. The third kappa shape index (κ3) is 4.57. The van der Waals surface area contributed by atoms with E-state index in [-0.39, 0.29) is 5.91 Å². The van der Waals surface area contributed by atoms with Crippen LogP contribution in [0, 0.1) is 0 Å². The molecule has 0 heterocycles. The van der Waals surface area contributed by atoms with Gasteiger partial charge in [0.05, 0.1) is 21.3 Å². The topological polar surface area (TPSA) is 52.0 Å². The van der Waals surface area contributed by atoms with E-state index in [1.54, 1.807) is 14.2 Å². The van der Waals surface area contributed by atoms with Gasteiger partial charge in [-0.2, -0.15) is 0 Å². The number of benzene rings is 3. The summed E-state index contributed by atoms with van der Waals surface area (Å²) >= 11 is 0. The zero-order valence-corrected chi connectivity index (χ0v) is 15.9. The fourth-order valence-corrected chi connectivity index (χ4v) is 3.19. The maximum atomic E-state index is 12.5. The molecule has 3 rings (SSSR count). The van der Waals surface area contributed by atoms with Crippen LogP contribution in [0.5, 0.6) is 11.5 Å². The summed E-state index contributed by atoms with van der Waals surface area (Å²) in [6.07, 6.45) is 0. The van der Waals surface area contributed by atoms with Gasteiger partial charge in [-0.1, -0.05) is 36.4 Å². The predicted octanol–water partition coefficient (Wildman–Crippen LogP) is 2.51. The molecule has 5 heteroatoms. The van der Waals surface area contributed by atoms with Crippen LogP contribution < -0.4 is 19.7 Å². The van der Waals surface area contributed by atoms with E-state index in [2.05, 4.69) is 5.32 Å². The van der Waals surface area contributed by atoms with Crippen molar-refractivity contribution in [1.82, 2.24) is 0 Å². The van der Waals surface area contributed by atoms with Crippen LogP contribution in [0.2, 0.25) is 0 Å². The lowest BCUT2D eigenvalue weighted by molar-refractivity contribution is -0.885. The van der Waals surface area contributed by atoms with Gasteiger partial charge in [-0.3, -0.25) is 4.79 Å². The van der Waals surface area contributed by atoms with Gasteiger partial charge in [0.2, 0.25) is 0 Å². The van der Waals surface area contributed by atoms with E-state index in [0.717, 1.165) is 38.4 Å². The van der Waals surface area contributed by atoms with Gasteiger partial charge in [-0.05, 0) is 23.6 Å². The number of likely N-dealkylation sites (N-methyl/N-ethyl adjacent to an activating group) is 1. The Balaban J connectivity index is 1.66. The lowest BCUT2D eigenvalue weighted by atomic mass is 10.1. The molecule has 0 saturated carbocycles. The lowest BCUT2D eigenvalue weighted by Gasteiger charge is -2.16. The van der Waals surface area contributed by atoms with Gasteiger partial charge in [-0.25, -0.2) is 0 Å². The van der Waals surface area contributed by atoms with Crippen LogP contribution in [0.3, 0.4) is 0 Å². The number of anilines is 1. The molecule has 1 atom stereocenters. The molecule has 140 valence electrons. The van der Waals surface area contributed by atoms with Crippen molar-refractivity contribution >= 4 is 22.4 Å².